The number of Topliss-reactive ketones (excluding diaryl/α,β-unsaturated/α-hetero) is 1. The molecule has 1 aliphatic rings. The fourth-order valence-corrected chi connectivity index (χ4v) is 8.93. The summed E-state index contributed by atoms with van der Waals surface area (Å²) >= 11 is 0. The summed E-state index contributed by atoms with van der Waals surface area (Å²) in [6, 6.07) is 16.5. The van der Waals surface area contributed by atoms with Crippen LogP contribution in [-0.2, 0) is 50.6 Å². The normalized spacial score (nSPS) is 14.5. The summed E-state index contributed by atoms with van der Waals surface area (Å²) < 4.78 is 169. The van der Waals surface area contributed by atoms with Crippen molar-refractivity contribution in [3.05, 3.63) is 134 Å². The molecule has 0 fully saturated rings. The molecule has 0 saturated heterocycles. The molecule has 5 aromatic rings. The number of fused-ring (bicyclic) bond motifs is 1. The first-order chi connectivity index (χ1) is 30.6. The van der Waals surface area contributed by atoms with Crippen molar-refractivity contribution in [1.82, 2.24) is 0 Å². The van der Waals surface area contributed by atoms with Crippen molar-refractivity contribution in [3.8, 4) is 0 Å². The van der Waals surface area contributed by atoms with Crippen molar-refractivity contribution < 1.29 is 74.6 Å². The topological polar surface area (TPSA) is 406 Å². The number of hydrogen-bond donors (Lipinski definition) is 6. The van der Waals surface area contributed by atoms with Crippen molar-refractivity contribution in [1.29, 1.82) is 0 Å². The molecule has 25 nitrogen and oxygen atoms in total. The van der Waals surface area contributed by atoms with Crippen molar-refractivity contribution >= 4 is 114 Å². The number of nitro benzene ring substituents is 1. The van der Waals surface area contributed by atoms with Gasteiger partial charge in [-0.3, -0.25) is 43.1 Å². The van der Waals surface area contributed by atoms with Crippen LogP contribution in [0.2, 0.25) is 0 Å². The van der Waals surface area contributed by atoms with E-state index in [2.05, 4.69) is 31.0 Å². The number of hydrazone groups is 1. The zero-order valence-corrected chi connectivity index (χ0v) is 36.3. The number of nitrogens with zero attached hydrogens (tertiary/aromatic N) is 6. The van der Waals surface area contributed by atoms with Crippen LogP contribution in [-0.4, -0.2) is 81.3 Å². The van der Waals surface area contributed by atoms with E-state index in [1.807, 2.05) is 0 Å². The summed E-state index contributed by atoms with van der Waals surface area (Å²) in [4.78, 5) is 19.8. The highest BCUT2D eigenvalue weighted by molar-refractivity contribution is 7.91. The largest absolute Gasteiger partial charge is 0.296 e. The van der Waals surface area contributed by atoms with E-state index in [0.29, 0.717) is 6.07 Å². The molecule has 0 atom stereocenters. The Hall–Kier alpha value is -7.13. The molecule has 0 unspecified atom stereocenters. The van der Waals surface area contributed by atoms with Gasteiger partial charge in [0.05, 0.1) is 38.3 Å². The number of non-ortho nitro benzene ring substituents is 1. The zero-order chi connectivity index (χ0) is 48.6. The molecule has 30 heteroatoms. The minimum absolute atomic E-state index is 0.0678. The summed E-state index contributed by atoms with van der Waals surface area (Å²) in [5.74, 6) is -1.12. The van der Waals surface area contributed by atoms with E-state index in [9.17, 15) is 75.2 Å². The number of ketones is 1. The number of benzene rings is 5. The molecule has 0 aliphatic heterocycles. The highest BCUT2D eigenvalue weighted by atomic mass is 32.2. The molecule has 0 spiro atoms. The Bertz CT molecular complexity index is 3630. The second kappa shape index (κ2) is 18.0. The van der Waals surface area contributed by atoms with Gasteiger partial charge < -0.3 is 0 Å². The Kier molecular flexibility index (Phi) is 13.2. The van der Waals surface area contributed by atoms with Crippen molar-refractivity contribution in [2.75, 3.05) is 5.43 Å². The third-order valence-electron chi connectivity index (χ3n) is 8.72. The summed E-state index contributed by atoms with van der Waals surface area (Å²) in [7, 11) is -24.9. The maximum Gasteiger partial charge on any atom is 0.296 e. The van der Waals surface area contributed by atoms with Crippen LogP contribution in [0.5, 0.6) is 0 Å². The van der Waals surface area contributed by atoms with Gasteiger partial charge >= 0.3 is 0 Å². The number of carbonyl (C=O) groups excluding carboxylic acids is 1. The van der Waals surface area contributed by atoms with E-state index in [1.165, 1.54) is 24.3 Å². The fourth-order valence-electron chi connectivity index (χ4n) is 5.72. The van der Waals surface area contributed by atoms with Gasteiger partial charge in [-0.25, -0.2) is 0 Å². The molecule has 0 saturated carbocycles. The fraction of sp³-hybridized carbons (Fsp3) is 0. The first kappa shape index (κ1) is 48.3. The molecule has 0 bridgehead atoms. The third-order valence-corrected chi connectivity index (χ3v) is 13.2. The minimum atomic E-state index is -5.26. The van der Waals surface area contributed by atoms with Gasteiger partial charge in [-0.1, -0.05) is 18.2 Å². The van der Waals surface area contributed by atoms with Crippen LogP contribution >= 0.6 is 0 Å². The van der Waals surface area contributed by atoms with Crippen LogP contribution in [0.4, 0.5) is 34.1 Å². The molecule has 0 heterocycles. The Morgan fingerprint density at radius 1 is 0.530 bits per heavy atom. The van der Waals surface area contributed by atoms with Gasteiger partial charge in [0.1, 0.15) is 19.6 Å². The Labute approximate surface area is 372 Å². The monoisotopic (exact) mass is 1000 g/mol. The molecule has 0 aromatic heterocycles. The number of hydrogen-bond acceptors (Lipinski definition) is 19. The smallest absolute Gasteiger partial charge is 0.287 e. The number of anilines is 1. The maximum atomic E-state index is 13.6. The zero-order valence-electron chi connectivity index (χ0n) is 32.2. The summed E-state index contributed by atoms with van der Waals surface area (Å²) in [6.45, 7) is 0. The van der Waals surface area contributed by atoms with Gasteiger partial charge in [0, 0.05) is 17.7 Å². The van der Waals surface area contributed by atoms with E-state index < -0.39 is 103 Å². The van der Waals surface area contributed by atoms with Crippen LogP contribution < -0.4 is 5.43 Å². The van der Waals surface area contributed by atoms with Crippen molar-refractivity contribution in [3.63, 3.8) is 0 Å². The second-order valence-corrected chi connectivity index (χ2v) is 20.1. The quantitative estimate of drug-likeness (QED) is 0.0228. The Morgan fingerprint density at radius 3 is 1.53 bits per heavy atom. The molecule has 6 rings (SSSR count). The SMILES string of the molecule is O=C1C(=NNc2ccc(N=Nc3ccc(S(=O)(=O)O)cc3)cc2S(=O)(=O)O)C(S(=O)(=O)O)=Cc2cc(N=Nc3ccc(/C=C/c4ccc([N+](=O)[O-])cc4S(=O)(=O)O)c(S(=O)(=O)O)c3)ccc21. The molecule has 1 aliphatic carbocycles. The molecule has 5 aromatic carbocycles. The predicted molar refractivity (Wildman–Crippen MR) is 230 cm³/mol. The number of nitrogens with one attached hydrogen (secondary N) is 1. The molecule has 0 radical (unpaired) electrons. The number of azo groups is 2. The van der Waals surface area contributed by atoms with Crippen LogP contribution in [0, 0.1) is 10.1 Å². The van der Waals surface area contributed by atoms with Crippen LogP contribution in [0.3, 0.4) is 0 Å². The van der Waals surface area contributed by atoms with Crippen LogP contribution in [0.1, 0.15) is 27.0 Å². The lowest BCUT2D eigenvalue weighted by molar-refractivity contribution is -0.385. The average Bonchev–Trinajstić information content (AvgIpc) is 3.22. The molecule has 342 valence electrons. The van der Waals surface area contributed by atoms with E-state index in [4.69, 9.17) is 4.55 Å². The molecule has 66 heavy (non-hydrogen) atoms. The van der Waals surface area contributed by atoms with E-state index >= 15 is 0 Å². The lowest BCUT2D eigenvalue weighted by Gasteiger charge is -2.17. The van der Waals surface area contributed by atoms with Gasteiger partial charge in [-0.05, 0) is 102 Å². The van der Waals surface area contributed by atoms with Gasteiger partial charge in [0.15, 0.2) is 5.71 Å². The molecule has 6 N–H and O–H groups in total. The van der Waals surface area contributed by atoms with Crippen molar-refractivity contribution in [2.24, 2.45) is 25.6 Å². The predicted octanol–water partition coefficient (Wildman–Crippen LogP) is 6.48. The first-order valence-electron chi connectivity index (χ1n) is 17.4. The number of rotatable bonds is 14. The molecular formula is C36H25N7O18S5. The Balaban J connectivity index is 1.27. The number of carbonyl (C=O) groups is 1. The van der Waals surface area contributed by atoms with Crippen molar-refractivity contribution in [2.45, 2.75) is 19.6 Å². The lowest BCUT2D eigenvalue weighted by atomic mass is 9.94. The summed E-state index contributed by atoms with van der Waals surface area (Å²) in [6.07, 6.45) is 2.84. The summed E-state index contributed by atoms with van der Waals surface area (Å²) in [5, 5.41) is 30.3. The van der Waals surface area contributed by atoms with Gasteiger partial charge in [-0.15, -0.1) is 0 Å². The van der Waals surface area contributed by atoms with E-state index in [1.54, 1.807) is 0 Å². The maximum absolute atomic E-state index is 13.6. The van der Waals surface area contributed by atoms with Crippen LogP contribution in [0.25, 0.3) is 18.2 Å². The molecule has 0 amide bonds. The number of nitro groups is 1. The third kappa shape index (κ3) is 11.4. The van der Waals surface area contributed by atoms with Crippen LogP contribution in [0.15, 0.2) is 147 Å². The standard InChI is InChI=1S/C36H25N7O18S5/c44-36-29-13-8-24(38-40-25-5-3-20(31(17-25)63(50,51)52)1-2-21-4-10-27(43(45)46)19-32(21)64(53,54)55)15-22(29)16-34(66(59,60)61)35(36)42-41-30-14-9-26(18-33(30)65(56,57)58)39-37-23-6-11-28(12-7-23)62(47,48)49/h1-19,41H,(H,47,48,49)(H,50,51,52)(H,53,54,55)(H,56,57,58)(H,59,60,61)/b2-1+,39-37?,40-38?,42-35?. The average molecular weight is 1000 g/mol. The minimum Gasteiger partial charge on any atom is -0.287 e. The first-order valence-corrected chi connectivity index (χ1v) is 24.6. The number of allylic oxidation sites excluding steroid dienone is 1. The molecular weight excluding hydrogens is 979 g/mol. The Morgan fingerprint density at radius 2 is 1.00 bits per heavy atom. The van der Waals surface area contributed by atoms with E-state index in [-0.39, 0.29) is 45.0 Å². The lowest BCUT2D eigenvalue weighted by Crippen LogP contribution is -2.27. The highest BCUT2D eigenvalue weighted by Crippen LogP contribution is 2.33. The van der Waals surface area contributed by atoms with E-state index in [0.717, 1.165) is 85.0 Å². The second-order valence-electron chi connectivity index (χ2n) is 13.2. The van der Waals surface area contributed by atoms with Gasteiger partial charge in [-0.2, -0.15) is 67.6 Å². The van der Waals surface area contributed by atoms with Gasteiger partial charge in [0.25, 0.3) is 56.3 Å². The summed E-state index contributed by atoms with van der Waals surface area (Å²) in [5.41, 5.74) is -1.23. The van der Waals surface area contributed by atoms with Gasteiger partial charge in [0.2, 0.25) is 5.78 Å². The highest BCUT2D eigenvalue weighted by Gasteiger charge is 2.33.